The van der Waals surface area contributed by atoms with Gasteiger partial charge in [0.25, 0.3) is 5.91 Å². The number of carbonyl (C=O) groups is 1. The molecule has 162 valence electrons. The summed E-state index contributed by atoms with van der Waals surface area (Å²) >= 11 is 17.7. The molecule has 1 aromatic heterocycles. The molecule has 2 atom stereocenters. The quantitative estimate of drug-likeness (QED) is 0.427. The van der Waals surface area contributed by atoms with Crippen molar-refractivity contribution < 1.29 is 18.0 Å². The molecule has 4 rings (SSSR count). The van der Waals surface area contributed by atoms with Crippen LogP contribution in [-0.4, -0.2) is 21.9 Å². The normalized spacial score (nSPS) is 18.3. The first-order chi connectivity index (χ1) is 14.6. The van der Waals surface area contributed by atoms with E-state index >= 15 is 0 Å². The summed E-state index contributed by atoms with van der Waals surface area (Å²) in [5, 5.41) is 10.6. The molecule has 0 spiro atoms. The van der Waals surface area contributed by atoms with Gasteiger partial charge in [-0.25, -0.2) is 4.68 Å². The van der Waals surface area contributed by atoms with Crippen molar-refractivity contribution in [2.24, 2.45) is 0 Å². The predicted molar refractivity (Wildman–Crippen MR) is 114 cm³/mol. The zero-order chi connectivity index (χ0) is 22.3. The zero-order valence-electron chi connectivity index (χ0n) is 15.6. The summed E-state index contributed by atoms with van der Waals surface area (Å²) in [6.07, 6.45) is -4.84. The molecular formula is C20H14Cl3F3N4O. The molecule has 2 heterocycles. The lowest BCUT2D eigenvalue weighted by Crippen LogP contribution is -2.35. The van der Waals surface area contributed by atoms with E-state index in [1.807, 2.05) is 0 Å². The summed E-state index contributed by atoms with van der Waals surface area (Å²) in [5.41, 5.74) is 0.767. The van der Waals surface area contributed by atoms with E-state index < -0.39 is 24.2 Å². The first kappa shape index (κ1) is 21.8. The number of amides is 1. The van der Waals surface area contributed by atoms with E-state index in [4.69, 9.17) is 34.8 Å². The maximum absolute atomic E-state index is 13.8. The Morgan fingerprint density at radius 2 is 1.68 bits per heavy atom. The topological polar surface area (TPSA) is 59.0 Å². The average Bonchev–Trinajstić information content (AvgIpc) is 3.10. The minimum absolute atomic E-state index is 0.0859. The minimum atomic E-state index is -4.55. The van der Waals surface area contributed by atoms with Crippen molar-refractivity contribution in [3.8, 4) is 0 Å². The van der Waals surface area contributed by atoms with E-state index in [1.165, 1.54) is 24.3 Å². The molecular weight excluding hydrogens is 476 g/mol. The Morgan fingerprint density at radius 3 is 2.29 bits per heavy atom. The predicted octanol–water partition coefficient (Wildman–Crippen LogP) is 6.76. The Bertz CT molecular complexity index is 1110. The lowest BCUT2D eigenvalue weighted by Gasteiger charge is -2.33. The van der Waals surface area contributed by atoms with Gasteiger partial charge in [0.15, 0.2) is 11.7 Å². The van der Waals surface area contributed by atoms with Gasteiger partial charge in [0.05, 0.1) is 6.04 Å². The Morgan fingerprint density at radius 1 is 1.03 bits per heavy atom. The zero-order valence-corrected chi connectivity index (χ0v) is 17.8. The summed E-state index contributed by atoms with van der Waals surface area (Å²) in [5.74, 6) is -0.603. The standard InChI is InChI=1S/C20H14Cl3F3N4O/c21-11-3-1-10(2-4-11)15-8-17(20(24,25)26)30-18(28-15)9-16(29-30)19(31)27-14-6-12(22)5-13(23)7-14/h1-7,9,15,17,28H,8H2,(H,27,31)/t15-,17-/m1/s1. The Kier molecular flexibility index (Phi) is 5.81. The monoisotopic (exact) mass is 488 g/mol. The number of alkyl halides is 3. The molecule has 2 N–H and O–H groups in total. The third-order valence-corrected chi connectivity index (χ3v) is 5.50. The Hall–Kier alpha value is -2.42. The molecule has 0 bridgehead atoms. The highest BCUT2D eigenvalue weighted by atomic mass is 35.5. The van der Waals surface area contributed by atoms with Crippen molar-refractivity contribution in [3.05, 3.63) is 74.9 Å². The number of halogens is 6. The number of nitrogens with one attached hydrogen (secondary N) is 2. The van der Waals surface area contributed by atoms with Crippen LogP contribution in [0.4, 0.5) is 24.7 Å². The molecule has 1 aliphatic heterocycles. The van der Waals surface area contributed by atoms with E-state index in [9.17, 15) is 18.0 Å². The van der Waals surface area contributed by atoms with Crippen LogP contribution >= 0.6 is 34.8 Å². The van der Waals surface area contributed by atoms with Crippen LogP contribution in [0.2, 0.25) is 15.1 Å². The molecule has 0 fully saturated rings. The van der Waals surface area contributed by atoms with Crippen LogP contribution in [0.1, 0.15) is 34.6 Å². The van der Waals surface area contributed by atoms with Gasteiger partial charge in [-0.3, -0.25) is 4.79 Å². The van der Waals surface area contributed by atoms with Crippen LogP contribution in [0.3, 0.4) is 0 Å². The van der Waals surface area contributed by atoms with Gasteiger partial charge in [-0.2, -0.15) is 18.3 Å². The van der Waals surface area contributed by atoms with Crippen LogP contribution in [0, 0.1) is 0 Å². The van der Waals surface area contributed by atoms with Gasteiger partial charge < -0.3 is 10.6 Å². The van der Waals surface area contributed by atoms with Gasteiger partial charge in [0.1, 0.15) is 5.82 Å². The van der Waals surface area contributed by atoms with E-state index in [-0.39, 0.29) is 17.9 Å². The average molecular weight is 490 g/mol. The highest BCUT2D eigenvalue weighted by Crippen LogP contribution is 2.43. The highest BCUT2D eigenvalue weighted by Gasteiger charge is 2.46. The summed E-state index contributed by atoms with van der Waals surface area (Å²) in [7, 11) is 0. The maximum atomic E-state index is 13.8. The number of hydrogen-bond acceptors (Lipinski definition) is 3. The third kappa shape index (κ3) is 4.76. The van der Waals surface area contributed by atoms with Gasteiger partial charge >= 0.3 is 6.18 Å². The van der Waals surface area contributed by atoms with Crippen LogP contribution in [0.15, 0.2) is 48.5 Å². The molecule has 0 saturated heterocycles. The van der Waals surface area contributed by atoms with Gasteiger partial charge in [-0.15, -0.1) is 0 Å². The summed E-state index contributed by atoms with van der Waals surface area (Å²) in [6, 6.07) is 9.73. The second kappa shape index (κ2) is 8.26. The fraction of sp³-hybridized carbons (Fsp3) is 0.200. The molecule has 0 radical (unpaired) electrons. The molecule has 0 unspecified atom stereocenters. The molecule has 0 saturated carbocycles. The summed E-state index contributed by atoms with van der Waals surface area (Å²) in [6.45, 7) is 0. The molecule has 31 heavy (non-hydrogen) atoms. The van der Waals surface area contributed by atoms with Gasteiger partial charge in [-0.1, -0.05) is 46.9 Å². The van der Waals surface area contributed by atoms with Crippen molar-refractivity contribution in [1.29, 1.82) is 0 Å². The lowest BCUT2D eigenvalue weighted by molar-refractivity contribution is -0.173. The Labute approximate surface area is 190 Å². The number of fused-ring (bicyclic) bond motifs is 1. The second-order valence-electron chi connectivity index (χ2n) is 7.01. The van der Waals surface area contributed by atoms with Crippen molar-refractivity contribution >= 4 is 52.2 Å². The highest BCUT2D eigenvalue weighted by molar-refractivity contribution is 6.35. The fourth-order valence-corrected chi connectivity index (χ4v) is 4.07. The van der Waals surface area contributed by atoms with E-state index in [2.05, 4.69) is 15.7 Å². The number of benzene rings is 2. The number of hydrogen-bond donors (Lipinski definition) is 2. The van der Waals surface area contributed by atoms with E-state index in [0.29, 0.717) is 26.3 Å². The largest absolute Gasteiger partial charge is 0.410 e. The number of aromatic nitrogens is 2. The Balaban J connectivity index is 1.64. The molecule has 3 aromatic rings. The number of nitrogens with zero attached hydrogens (tertiary/aromatic N) is 2. The fourth-order valence-electron chi connectivity index (χ4n) is 3.42. The van der Waals surface area contributed by atoms with Gasteiger partial charge in [0.2, 0.25) is 0 Å². The SMILES string of the molecule is O=C(Nc1cc(Cl)cc(Cl)c1)c1cc2n(n1)[C@@H](C(F)(F)F)C[C@H](c1ccc(Cl)cc1)N2. The summed E-state index contributed by atoms with van der Waals surface area (Å²) < 4.78 is 42.1. The number of rotatable bonds is 3. The lowest BCUT2D eigenvalue weighted by atomic mass is 9.97. The van der Waals surface area contributed by atoms with Crippen LogP contribution in [0.5, 0.6) is 0 Å². The maximum Gasteiger partial charge on any atom is 0.410 e. The minimum Gasteiger partial charge on any atom is -0.363 e. The van der Waals surface area contributed by atoms with Crippen molar-refractivity contribution in [1.82, 2.24) is 9.78 Å². The third-order valence-electron chi connectivity index (χ3n) is 4.82. The van der Waals surface area contributed by atoms with Crippen molar-refractivity contribution in [2.45, 2.75) is 24.7 Å². The molecule has 1 aliphatic rings. The number of anilines is 2. The smallest absolute Gasteiger partial charge is 0.363 e. The van der Waals surface area contributed by atoms with Crippen LogP contribution in [-0.2, 0) is 0 Å². The van der Waals surface area contributed by atoms with Crippen LogP contribution in [0.25, 0.3) is 0 Å². The first-order valence-corrected chi connectivity index (χ1v) is 10.2. The molecule has 1 amide bonds. The van der Waals surface area contributed by atoms with Crippen LogP contribution < -0.4 is 10.6 Å². The van der Waals surface area contributed by atoms with Gasteiger partial charge in [0, 0.05) is 33.2 Å². The molecule has 0 aliphatic carbocycles. The summed E-state index contributed by atoms with van der Waals surface area (Å²) in [4.78, 5) is 12.6. The van der Waals surface area contributed by atoms with Gasteiger partial charge in [-0.05, 0) is 35.9 Å². The van der Waals surface area contributed by atoms with E-state index in [0.717, 1.165) is 4.68 Å². The van der Waals surface area contributed by atoms with E-state index in [1.54, 1.807) is 24.3 Å². The van der Waals surface area contributed by atoms with Crippen molar-refractivity contribution in [2.75, 3.05) is 10.6 Å². The number of carbonyl (C=O) groups excluding carboxylic acids is 1. The molecule has 5 nitrogen and oxygen atoms in total. The van der Waals surface area contributed by atoms with Crippen molar-refractivity contribution in [3.63, 3.8) is 0 Å². The second-order valence-corrected chi connectivity index (χ2v) is 8.32. The first-order valence-electron chi connectivity index (χ1n) is 9.06. The molecule has 2 aromatic carbocycles. The molecule has 11 heteroatoms.